The van der Waals surface area contributed by atoms with Gasteiger partial charge in [-0.3, -0.25) is 4.79 Å². The number of halogens is 1. The van der Waals surface area contributed by atoms with Gasteiger partial charge in [-0.2, -0.15) is 0 Å². The average Bonchev–Trinajstić information content (AvgIpc) is 2.15. The van der Waals surface area contributed by atoms with Crippen molar-refractivity contribution < 1.29 is 9.53 Å². The van der Waals surface area contributed by atoms with E-state index in [2.05, 4.69) is 15.9 Å². The van der Waals surface area contributed by atoms with Gasteiger partial charge >= 0.3 is 5.97 Å². The van der Waals surface area contributed by atoms with E-state index in [0.29, 0.717) is 6.42 Å². The quantitative estimate of drug-likeness (QED) is 0.628. The number of carbonyl (C=O) groups excluding carboxylic acids is 1. The van der Waals surface area contributed by atoms with Gasteiger partial charge in [0, 0.05) is 5.33 Å². The van der Waals surface area contributed by atoms with Crippen molar-refractivity contribution in [3.8, 4) is 0 Å². The van der Waals surface area contributed by atoms with Crippen LogP contribution in [0.15, 0.2) is 24.3 Å². The zero-order valence-electron chi connectivity index (χ0n) is 9.92. The van der Waals surface area contributed by atoms with Crippen LogP contribution in [0.2, 0.25) is 0 Å². The summed E-state index contributed by atoms with van der Waals surface area (Å²) in [4.78, 5) is 11.6. The molecule has 0 unspecified atom stereocenters. The Hall–Kier alpha value is -0.830. The second-order valence-corrected chi connectivity index (χ2v) is 5.28. The molecule has 1 aromatic rings. The topological polar surface area (TPSA) is 26.3 Å². The Morgan fingerprint density at radius 1 is 1.31 bits per heavy atom. The van der Waals surface area contributed by atoms with Crippen LogP contribution in [0.4, 0.5) is 0 Å². The molecule has 1 aromatic carbocycles. The predicted molar refractivity (Wildman–Crippen MR) is 68.6 cm³/mol. The van der Waals surface area contributed by atoms with Crippen LogP contribution < -0.4 is 0 Å². The molecular formula is C13H17BrO2. The maximum Gasteiger partial charge on any atom is 0.310 e. The number of rotatable bonds is 3. The predicted octanol–water partition coefficient (Wildman–Crippen LogP) is 3.47. The standard InChI is InChI=1S/C13H17BrO2/c1-13(2,3)16-12(15)8-10-5-4-6-11(7-10)9-14/h4-7H,8-9H2,1-3H3. The van der Waals surface area contributed by atoms with Crippen LogP contribution in [0, 0.1) is 0 Å². The fourth-order valence-electron chi connectivity index (χ4n) is 1.37. The van der Waals surface area contributed by atoms with Crippen molar-refractivity contribution in [2.75, 3.05) is 0 Å². The highest BCUT2D eigenvalue weighted by Crippen LogP contribution is 2.12. The van der Waals surface area contributed by atoms with Crippen molar-refractivity contribution in [2.45, 2.75) is 38.1 Å². The lowest BCUT2D eigenvalue weighted by Gasteiger charge is -2.19. The van der Waals surface area contributed by atoms with Crippen molar-refractivity contribution in [1.82, 2.24) is 0 Å². The molecule has 0 N–H and O–H groups in total. The van der Waals surface area contributed by atoms with Gasteiger partial charge in [0.15, 0.2) is 0 Å². The molecule has 0 heterocycles. The van der Waals surface area contributed by atoms with Crippen LogP contribution in [0.3, 0.4) is 0 Å². The lowest BCUT2D eigenvalue weighted by Crippen LogP contribution is -2.24. The van der Waals surface area contributed by atoms with Gasteiger partial charge in [-0.1, -0.05) is 40.2 Å². The zero-order valence-corrected chi connectivity index (χ0v) is 11.5. The molecule has 0 aliphatic heterocycles. The van der Waals surface area contributed by atoms with Gasteiger partial charge in [-0.05, 0) is 31.9 Å². The Bertz CT molecular complexity index is 366. The monoisotopic (exact) mass is 284 g/mol. The first-order valence-corrected chi connectivity index (χ1v) is 6.38. The Kier molecular flexibility index (Phi) is 4.54. The van der Waals surface area contributed by atoms with E-state index in [1.807, 2.05) is 45.0 Å². The Morgan fingerprint density at radius 3 is 2.50 bits per heavy atom. The second kappa shape index (κ2) is 5.48. The van der Waals surface area contributed by atoms with Crippen LogP contribution in [-0.2, 0) is 21.3 Å². The van der Waals surface area contributed by atoms with Gasteiger partial charge in [0.25, 0.3) is 0 Å². The summed E-state index contributed by atoms with van der Waals surface area (Å²) in [6.45, 7) is 5.62. The first kappa shape index (κ1) is 13.2. The van der Waals surface area contributed by atoms with Crippen LogP contribution >= 0.6 is 15.9 Å². The third-order valence-corrected chi connectivity index (χ3v) is 2.56. The van der Waals surface area contributed by atoms with Crippen LogP contribution in [0.5, 0.6) is 0 Å². The molecule has 0 radical (unpaired) electrons. The molecule has 0 saturated carbocycles. The van der Waals surface area contributed by atoms with Gasteiger partial charge in [-0.15, -0.1) is 0 Å². The third kappa shape index (κ3) is 4.79. The second-order valence-electron chi connectivity index (χ2n) is 4.72. The van der Waals surface area contributed by atoms with Crippen LogP contribution in [0.25, 0.3) is 0 Å². The Labute approximate surface area is 105 Å². The molecule has 0 fully saturated rings. The van der Waals surface area contributed by atoms with Gasteiger partial charge in [0.1, 0.15) is 5.60 Å². The van der Waals surface area contributed by atoms with Gasteiger partial charge in [0.2, 0.25) is 0 Å². The third-order valence-electron chi connectivity index (χ3n) is 1.91. The van der Waals surface area contributed by atoms with E-state index in [4.69, 9.17) is 4.74 Å². The molecule has 16 heavy (non-hydrogen) atoms. The molecule has 0 atom stereocenters. The first-order chi connectivity index (χ1) is 7.40. The highest BCUT2D eigenvalue weighted by molar-refractivity contribution is 9.08. The van der Waals surface area contributed by atoms with Crippen molar-refractivity contribution in [3.63, 3.8) is 0 Å². The normalized spacial score (nSPS) is 11.2. The van der Waals surface area contributed by atoms with Crippen LogP contribution in [-0.4, -0.2) is 11.6 Å². The molecule has 0 aliphatic carbocycles. The maximum absolute atomic E-state index is 11.6. The molecule has 0 aliphatic rings. The minimum absolute atomic E-state index is 0.181. The molecular weight excluding hydrogens is 268 g/mol. The lowest BCUT2D eigenvalue weighted by molar-refractivity contribution is -0.153. The average molecular weight is 285 g/mol. The molecule has 3 heteroatoms. The SMILES string of the molecule is CC(C)(C)OC(=O)Cc1cccc(CBr)c1. The van der Waals surface area contributed by atoms with E-state index in [9.17, 15) is 4.79 Å². The van der Waals surface area contributed by atoms with Gasteiger partial charge in [0.05, 0.1) is 6.42 Å². The minimum Gasteiger partial charge on any atom is -0.460 e. The van der Waals surface area contributed by atoms with E-state index in [-0.39, 0.29) is 5.97 Å². The minimum atomic E-state index is -0.413. The molecule has 0 amide bonds. The van der Waals surface area contributed by atoms with E-state index in [1.54, 1.807) is 0 Å². The molecule has 88 valence electrons. The van der Waals surface area contributed by atoms with E-state index >= 15 is 0 Å². The number of ether oxygens (including phenoxy) is 1. The zero-order chi connectivity index (χ0) is 12.2. The summed E-state index contributed by atoms with van der Waals surface area (Å²) in [5, 5.41) is 0.801. The van der Waals surface area contributed by atoms with Gasteiger partial charge < -0.3 is 4.74 Å². The van der Waals surface area contributed by atoms with Crippen molar-refractivity contribution in [1.29, 1.82) is 0 Å². The van der Waals surface area contributed by atoms with Crippen molar-refractivity contribution in [3.05, 3.63) is 35.4 Å². The smallest absolute Gasteiger partial charge is 0.310 e. The Balaban J connectivity index is 2.62. The highest BCUT2D eigenvalue weighted by Gasteiger charge is 2.16. The summed E-state index contributed by atoms with van der Waals surface area (Å²) < 4.78 is 5.26. The number of carbonyl (C=O) groups is 1. The number of alkyl halides is 1. The summed E-state index contributed by atoms with van der Waals surface area (Å²) in [7, 11) is 0. The molecule has 2 nitrogen and oxygen atoms in total. The summed E-state index contributed by atoms with van der Waals surface area (Å²) in [5.74, 6) is -0.181. The summed E-state index contributed by atoms with van der Waals surface area (Å²) in [6.07, 6.45) is 0.331. The number of esters is 1. The summed E-state index contributed by atoms with van der Waals surface area (Å²) in [5.41, 5.74) is 1.75. The number of hydrogen-bond donors (Lipinski definition) is 0. The van der Waals surface area contributed by atoms with E-state index in [0.717, 1.165) is 10.9 Å². The van der Waals surface area contributed by atoms with E-state index < -0.39 is 5.60 Å². The fraction of sp³-hybridized carbons (Fsp3) is 0.462. The summed E-state index contributed by atoms with van der Waals surface area (Å²) in [6, 6.07) is 7.93. The molecule has 0 bridgehead atoms. The van der Waals surface area contributed by atoms with E-state index in [1.165, 1.54) is 5.56 Å². The molecule has 0 aromatic heterocycles. The number of hydrogen-bond acceptors (Lipinski definition) is 2. The largest absolute Gasteiger partial charge is 0.460 e. The maximum atomic E-state index is 11.6. The fourth-order valence-corrected chi connectivity index (χ4v) is 1.72. The molecule has 1 rings (SSSR count). The lowest BCUT2D eigenvalue weighted by atomic mass is 10.1. The number of benzene rings is 1. The van der Waals surface area contributed by atoms with Gasteiger partial charge in [-0.25, -0.2) is 0 Å². The van der Waals surface area contributed by atoms with Crippen molar-refractivity contribution >= 4 is 21.9 Å². The van der Waals surface area contributed by atoms with Crippen molar-refractivity contribution in [2.24, 2.45) is 0 Å². The first-order valence-electron chi connectivity index (χ1n) is 5.26. The summed E-state index contributed by atoms with van der Waals surface area (Å²) >= 11 is 3.39. The molecule has 0 spiro atoms. The Morgan fingerprint density at radius 2 is 1.94 bits per heavy atom. The van der Waals surface area contributed by atoms with Crippen LogP contribution in [0.1, 0.15) is 31.9 Å². The highest BCUT2D eigenvalue weighted by atomic mass is 79.9. The molecule has 0 saturated heterocycles.